The van der Waals surface area contributed by atoms with Crippen molar-refractivity contribution in [1.29, 1.82) is 0 Å². The van der Waals surface area contributed by atoms with Crippen LogP contribution in [-0.4, -0.2) is 65.2 Å². The summed E-state index contributed by atoms with van der Waals surface area (Å²) in [6.45, 7) is 17.5. The second-order valence-corrected chi connectivity index (χ2v) is 19.1. The zero-order chi connectivity index (χ0) is 57.4. The van der Waals surface area contributed by atoms with Crippen LogP contribution in [0, 0.1) is 11.3 Å². The fraction of sp³-hybridized carbons (Fsp3) is 0.323. The van der Waals surface area contributed by atoms with Gasteiger partial charge in [0.25, 0.3) is 11.8 Å². The minimum absolute atomic E-state index is 0.0902. The molecule has 2 amide bonds. The molecule has 1 unspecified atom stereocenters. The zero-order valence-corrected chi connectivity index (χ0v) is 46.9. The van der Waals surface area contributed by atoms with Crippen LogP contribution >= 0.6 is 0 Å². The van der Waals surface area contributed by atoms with Gasteiger partial charge in [0, 0.05) is 48.2 Å². The molecule has 0 spiro atoms. The summed E-state index contributed by atoms with van der Waals surface area (Å²) < 4.78 is 3.56. The number of nitrogens with one attached hydrogen (secondary N) is 2. The first kappa shape index (κ1) is 59.7. The molecule has 4 N–H and O–H groups in total. The molecule has 0 saturated heterocycles. The number of carbonyl (C=O) groups is 4. The third-order valence-electron chi connectivity index (χ3n) is 13.9. The van der Waals surface area contributed by atoms with Gasteiger partial charge in [-0.05, 0) is 133 Å². The van der Waals surface area contributed by atoms with Crippen LogP contribution in [0.1, 0.15) is 133 Å². The fourth-order valence-corrected chi connectivity index (χ4v) is 9.14. The van der Waals surface area contributed by atoms with Gasteiger partial charge in [0.2, 0.25) is 10.9 Å². The van der Waals surface area contributed by atoms with E-state index in [1.165, 1.54) is 0 Å². The largest absolute Gasteiger partial charge is 0.481 e. The number of hydrogen-bond acceptors (Lipinski definition) is 8. The summed E-state index contributed by atoms with van der Waals surface area (Å²) in [5, 5.41) is 25.7. The average molecular weight is 1070 g/mol. The van der Waals surface area contributed by atoms with Crippen LogP contribution in [0.5, 0.6) is 0 Å². The van der Waals surface area contributed by atoms with E-state index in [2.05, 4.69) is 20.6 Å². The quantitative estimate of drug-likeness (QED) is 0.0721. The van der Waals surface area contributed by atoms with E-state index in [4.69, 9.17) is 0 Å². The molecule has 0 bridgehead atoms. The number of benzene rings is 4. The summed E-state index contributed by atoms with van der Waals surface area (Å²) in [6.07, 6.45) is 12.1. The normalized spacial score (nSPS) is 12.9. The average Bonchev–Trinajstić information content (AvgIpc) is 4.49. The molecule has 0 aliphatic heterocycles. The first-order chi connectivity index (χ1) is 38.2. The lowest BCUT2D eigenvalue weighted by molar-refractivity contribution is -0.149. The number of aliphatic carboxylic acids is 2. The van der Waals surface area contributed by atoms with Crippen LogP contribution in [0.2, 0.25) is 0 Å². The number of amides is 2. The zero-order valence-electron chi connectivity index (χ0n) is 46.9. The maximum atomic E-state index is 13.1. The minimum Gasteiger partial charge on any atom is -0.481 e. The number of rotatable bonds is 16. The predicted molar refractivity (Wildman–Crippen MR) is 315 cm³/mol. The first-order valence-corrected chi connectivity index (χ1v) is 27.7. The highest BCUT2D eigenvalue weighted by atomic mass is 16.4. The molecule has 10 rings (SSSR count). The molecule has 4 aromatic carbocycles. The molecule has 79 heavy (non-hydrogen) atoms. The molecule has 2 fully saturated rings. The lowest BCUT2D eigenvalue weighted by Crippen LogP contribution is -2.32. The second kappa shape index (κ2) is 27.7. The second-order valence-electron chi connectivity index (χ2n) is 19.1. The van der Waals surface area contributed by atoms with Crippen molar-refractivity contribution in [3.63, 3.8) is 0 Å². The van der Waals surface area contributed by atoms with Crippen LogP contribution in [0.25, 0.3) is 55.7 Å². The Hall–Kier alpha value is -8.52. The number of carbonyl (C=O) groups excluding carboxylic acids is 2. The van der Waals surface area contributed by atoms with Gasteiger partial charge in [-0.2, -0.15) is 0 Å². The van der Waals surface area contributed by atoms with E-state index in [1.807, 2.05) is 152 Å². The molecule has 0 radical (unpaired) electrons. The van der Waals surface area contributed by atoms with E-state index in [0.29, 0.717) is 47.8 Å². The number of hydrogen-bond donors (Lipinski definition) is 4. The summed E-state index contributed by atoms with van der Waals surface area (Å²) >= 11 is 0. The number of carboxylic acids is 2. The minimum atomic E-state index is -0.823. The van der Waals surface area contributed by atoms with Crippen molar-refractivity contribution in [3.05, 3.63) is 189 Å². The van der Waals surface area contributed by atoms with E-state index >= 15 is 0 Å². The van der Waals surface area contributed by atoms with E-state index in [0.717, 1.165) is 70.4 Å². The van der Waals surface area contributed by atoms with Gasteiger partial charge in [0.1, 0.15) is 22.4 Å². The Morgan fingerprint density at radius 3 is 1.35 bits per heavy atom. The van der Waals surface area contributed by atoms with Gasteiger partial charge in [0.15, 0.2) is 0 Å². The van der Waals surface area contributed by atoms with E-state index < -0.39 is 23.3 Å². The van der Waals surface area contributed by atoms with Gasteiger partial charge in [-0.25, -0.2) is 9.97 Å². The van der Waals surface area contributed by atoms with Crippen LogP contribution in [0.3, 0.4) is 0 Å². The highest BCUT2D eigenvalue weighted by Crippen LogP contribution is 2.34. The lowest BCUT2D eigenvalue weighted by atomic mass is 9.77. The number of carboxylic acid groups (broad SMARTS) is 2. The van der Waals surface area contributed by atoms with E-state index in [-0.39, 0.29) is 45.9 Å². The molecule has 2 aliphatic carbocycles. The molecular formula is C65H74N6O8. The summed E-state index contributed by atoms with van der Waals surface area (Å²) in [7, 11) is 0. The maximum absolute atomic E-state index is 13.1. The standard InChI is InChI=1S/C31H31N3O4.C28H25N3O4.3C2H6/c1-3-31(4-2,30(37)38)18-20-8-5-9-21(16-20)22-10-6-11-24(17-22)34-19-26(29(36)33-23-13-14-23)27(35)25-12-7-15-32-28(25)34;1-17(28(34)35)13-18-5-2-6-19(14-18)20-7-3-8-22(15-20)31-16-24(27(33)30-21-10-11-21)25(32)23-9-4-12-29-26(23)31;3*1-2/h5-12,15-17,19,23H,3-4,13-14,18H2,1-2H3,(H,33,36)(H,37,38);2-9,12,14-17,21H,10-11,13H2,1H3,(H,30,33)(H,34,35);3*1-2H3. The molecule has 14 nitrogen and oxygen atoms in total. The topological polar surface area (TPSA) is 203 Å². The molecule has 4 heterocycles. The molecule has 1 atom stereocenters. The van der Waals surface area contributed by atoms with Crippen LogP contribution in [-0.2, 0) is 22.4 Å². The maximum Gasteiger partial charge on any atom is 0.309 e. The Bertz CT molecular complexity index is 3550. The summed E-state index contributed by atoms with van der Waals surface area (Å²) in [6, 6.07) is 38.4. The predicted octanol–water partition coefficient (Wildman–Crippen LogP) is 12.7. The van der Waals surface area contributed by atoms with Crippen molar-refractivity contribution in [2.45, 2.75) is 126 Å². The van der Waals surface area contributed by atoms with Crippen molar-refractivity contribution in [2.75, 3.05) is 0 Å². The third kappa shape index (κ3) is 14.4. The first-order valence-electron chi connectivity index (χ1n) is 27.7. The van der Waals surface area contributed by atoms with Gasteiger partial charge in [-0.3, -0.25) is 28.8 Å². The molecule has 4 aromatic heterocycles. The van der Waals surface area contributed by atoms with Gasteiger partial charge in [-0.1, -0.05) is 135 Å². The third-order valence-corrected chi connectivity index (χ3v) is 13.9. The summed E-state index contributed by atoms with van der Waals surface area (Å²) in [5.74, 6) is -2.80. The summed E-state index contributed by atoms with van der Waals surface area (Å²) in [4.78, 5) is 84.1. The molecule has 412 valence electrons. The molecule has 2 aliphatic rings. The van der Waals surface area contributed by atoms with Crippen molar-refractivity contribution < 1.29 is 29.4 Å². The molecule has 8 aromatic rings. The fourth-order valence-electron chi connectivity index (χ4n) is 9.14. The summed E-state index contributed by atoms with van der Waals surface area (Å²) in [5.41, 5.74) is 6.88. The number of aromatic nitrogens is 4. The smallest absolute Gasteiger partial charge is 0.309 e. The van der Waals surface area contributed by atoms with Gasteiger partial charge < -0.3 is 30.0 Å². The van der Waals surface area contributed by atoms with Gasteiger partial charge in [0.05, 0.1) is 22.1 Å². The van der Waals surface area contributed by atoms with Crippen LogP contribution in [0.4, 0.5) is 0 Å². The Kier molecular flexibility index (Phi) is 20.9. The highest BCUT2D eigenvalue weighted by molar-refractivity contribution is 5.98. The van der Waals surface area contributed by atoms with Crippen molar-refractivity contribution in [1.82, 2.24) is 29.7 Å². The Morgan fingerprint density at radius 2 is 0.962 bits per heavy atom. The monoisotopic (exact) mass is 1070 g/mol. The van der Waals surface area contributed by atoms with Gasteiger partial charge in [-0.15, -0.1) is 0 Å². The number of nitrogens with zero attached hydrogens (tertiary/aromatic N) is 4. The van der Waals surface area contributed by atoms with E-state index in [9.17, 15) is 39.0 Å². The SMILES string of the molecule is CC.CC.CC.CC(Cc1cccc(-c2cccc(-n3cc(C(=O)NC4CC4)c(=O)c4cccnc43)c2)c1)C(=O)O.CCC(CC)(Cc1cccc(-c2cccc(-n3cc(C(=O)NC4CC4)c(=O)c4cccnc43)c2)c1)C(=O)O. The van der Waals surface area contributed by atoms with E-state index in [1.54, 1.807) is 65.1 Å². The highest BCUT2D eigenvalue weighted by Gasteiger charge is 2.35. The van der Waals surface area contributed by atoms with Crippen LogP contribution < -0.4 is 21.5 Å². The Morgan fingerprint density at radius 1 is 0.570 bits per heavy atom. The Labute approximate surface area is 462 Å². The van der Waals surface area contributed by atoms with Crippen molar-refractivity contribution in [2.24, 2.45) is 11.3 Å². The van der Waals surface area contributed by atoms with Crippen molar-refractivity contribution >= 4 is 45.8 Å². The lowest BCUT2D eigenvalue weighted by Gasteiger charge is -2.27. The number of pyridine rings is 4. The van der Waals surface area contributed by atoms with Crippen LogP contribution in [0.15, 0.2) is 156 Å². The number of fused-ring (bicyclic) bond motifs is 2. The van der Waals surface area contributed by atoms with Gasteiger partial charge >= 0.3 is 11.9 Å². The molecule has 14 heteroatoms. The Balaban J connectivity index is 0.000000234. The molecule has 2 saturated carbocycles. The molecular weight excluding hydrogens is 993 g/mol. The van der Waals surface area contributed by atoms with Crippen molar-refractivity contribution in [3.8, 4) is 33.6 Å².